The minimum atomic E-state index is 0.908. The van der Waals surface area contributed by atoms with Crippen LogP contribution in [0, 0.1) is 6.92 Å². The van der Waals surface area contributed by atoms with Crippen molar-refractivity contribution in [1.29, 1.82) is 0 Å². The monoisotopic (exact) mass is 209 g/mol. The van der Waals surface area contributed by atoms with Gasteiger partial charge in [0.2, 0.25) is 0 Å². The highest BCUT2D eigenvalue weighted by atomic mass is 32.1. The van der Waals surface area contributed by atoms with Crippen molar-refractivity contribution in [3.8, 4) is 0 Å². The topological polar surface area (TPSA) is 29.3 Å². The largest absolute Gasteiger partial charge is 0.311 e. The van der Waals surface area contributed by atoms with Crippen molar-refractivity contribution in [1.82, 2.24) is 14.7 Å². The lowest BCUT2D eigenvalue weighted by molar-refractivity contribution is 0.661. The van der Waals surface area contributed by atoms with Gasteiger partial charge < -0.3 is 5.32 Å². The third-order valence-corrected chi connectivity index (χ3v) is 3.05. The summed E-state index contributed by atoms with van der Waals surface area (Å²) in [4.78, 5) is 6.76. The highest BCUT2D eigenvalue weighted by Crippen LogP contribution is 2.17. The van der Waals surface area contributed by atoms with Gasteiger partial charge in [0.15, 0.2) is 4.96 Å². The SMILES string of the molecule is CCCNCc1cnc2sc(C)cn12. The molecule has 2 rings (SSSR count). The van der Waals surface area contributed by atoms with Crippen molar-refractivity contribution in [3.05, 3.63) is 23.0 Å². The maximum atomic E-state index is 4.36. The van der Waals surface area contributed by atoms with Gasteiger partial charge in [-0.15, -0.1) is 11.3 Å². The van der Waals surface area contributed by atoms with E-state index in [1.165, 1.54) is 17.0 Å². The molecule has 4 heteroatoms. The molecule has 0 spiro atoms. The van der Waals surface area contributed by atoms with E-state index in [9.17, 15) is 0 Å². The zero-order valence-corrected chi connectivity index (χ0v) is 9.40. The fourth-order valence-corrected chi connectivity index (χ4v) is 2.29. The van der Waals surface area contributed by atoms with Crippen LogP contribution >= 0.6 is 11.3 Å². The van der Waals surface area contributed by atoms with E-state index in [0.717, 1.165) is 18.1 Å². The Bertz CT molecular complexity index is 416. The standard InChI is InChI=1S/C10H15N3S/c1-3-4-11-5-9-6-12-10-13(9)7-8(2)14-10/h6-7,11H,3-5H2,1-2H3. The van der Waals surface area contributed by atoms with Gasteiger partial charge in [-0.25, -0.2) is 4.98 Å². The molecular weight excluding hydrogens is 194 g/mol. The lowest BCUT2D eigenvalue weighted by Gasteiger charge is -2.00. The summed E-state index contributed by atoms with van der Waals surface area (Å²) in [7, 11) is 0. The Morgan fingerprint density at radius 2 is 2.43 bits per heavy atom. The first-order chi connectivity index (χ1) is 6.81. The first-order valence-corrected chi connectivity index (χ1v) is 5.76. The molecule has 2 aromatic rings. The summed E-state index contributed by atoms with van der Waals surface area (Å²) in [6, 6.07) is 0. The van der Waals surface area contributed by atoms with Crippen LogP contribution in [0.2, 0.25) is 0 Å². The number of aryl methyl sites for hydroxylation is 1. The molecule has 1 N–H and O–H groups in total. The number of rotatable bonds is 4. The number of aromatic nitrogens is 2. The van der Waals surface area contributed by atoms with Crippen LogP contribution in [0.1, 0.15) is 23.9 Å². The number of hydrogen-bond acceptors (Lipinski definition) is 3. The van der Waals surface area contributed by atoms with Gasteiger partial charge in [-0.05, 0) is 19.9 Å². The molecule has 0 atom stereocenters. The van der Waals surface area contributed by atoms with E-state index in [-0.39, 0.29) is 0 Å². The Kier molecular flexibility index (Phi) is 2.84. The minimum Gasteiger partial charge on any atom is -0.311 e. The lowest BCUT2D eigenvalue weighted by atomic mass is 10.4. The molecule has 0 aliphatic carbocycles. The Balaban J connectivity index is 2.16. The second kappa shape index (κ2) is 4.11. The molecule has 2 heterocycles. The van der Waals surface area contributed by atoms with Crippen LogP contribution in [0.4, 0.5) is 0 Å². The molecule has 0 aliphatic heterocycles. The van der Waals surface area contributed by atoms with E-state index in [2.05, 4.69) is 34.7 Å². The quantitative estimate of drug-likeness (QED) is 0.782. The molecule has 0 aromatic carbocycles. The predicted octanol–water partition coefficient (Wildman–Crippen LogP) is 2.20. The third kappa shape index (κ3) is 1.81. The summed E-state index contributed by atoms with van der Waals surface area (Å²) in [5.74, 6) is 0. The molecule has 0 bridgehead atoms. The van der Waals surface area contributed by atoms with Gasteiger partial charge >= 0.3 is 0 Å². The first-order valence-electron chi connectivity index (χ1n) is 4.94. The number of nitrogens with zero attached hydrogens (tertiary/aromatic N) is 2. The Morgan fingerprint density at radius 1 is 1.57 bits per heavy atom. The van der Waals surface area contributed by atoms with Gasteiger partial charge in [0, 0.05) is 17.6 Å². The highest BCUT2D eigenvalue weighted by molar-refractivity contribution is 7.16. The molecule has 2 aromatic heterocycles. The maximum Gasteiger partial charge on any atom is 0.194 e. The molecule has 0 saturated heterocycles. The summed E-state index contributed by atoms with van der Waals surface area (Å²) in [6.07, 6.45) is 5.27. The fourth-order valence-electron chi connectivity index (χ4n) is 1.47. The second-order valence-corrected chi connectivity index (χ2v) is 4.63. The average Bonchev–Trinajstić information content (AvgIpc) is 2.66. The second-order valence-electron chi connectivity index (χ2n) is 3.42. The summed E-state index contributed by atoms with van der Waals surface area (Å²) in [5.41, 5.74) is 1.25. The molecule has 0 fully saturated rings. The summed E-state index contributed by atoms with van der Waals surface area (Å²) in [5, 5.41) is 3.38. The number of thiazole rings is 1. The van der Waals surface area contributed by atoms with Crippen molar-refractivity contribution in [2.75, 3.05) is 6.54 Å². The van der Waals surface area contributed by atoms with Gasteiger partial charge in [0.1, 0.15) is 0 Å². The zero-order valence-electron chi connectivity index (χ0n) is 8.58. The summed E-state index contributed by atoms with van der Waals surface area (Å²) < 4.78 is 2.17. The van der Waals surface area contributed by atoms with Crippen LogP contribution in [0.25, 0.3) is 4.96 Å². The van der Waals surface area contributed by atoms with Gasteiger partial charge in [0.25, 0.3) is 0 Å². The predicted molar refractivity (Wildman–Crippen MR) is 59.8 cm³/mol. The zero-order chi connectivity index (χ0) is 9.97. The Labute approximate surface area is 87.8 Å². The van der Waals surface area contributed by atoms with Crippen LogP contribution in [0.15, 0.2) is 12.4 Å². The van der Waals surface area contributed by atoms with Gasteiger partial charge in [0.05, 0.1) is 11.9 Å². The third-order valence-electron chi connectivity index (χ3n) is 2.14. The smallest absolute Gasteiger partial charge is 0.194 e. The molecule has 0 unspecified atom stereocenters. The van der Waals surface area contributed by atoms with E-state index in [1.807, 2.05) is 6.20 Å². The Hall–Kier alpha value is -0.870. The molecule has 0 radical (unpaired) electrons. The first kappa shape index (κ1) is 9.68. The van der Waals surface area contributed by atoms with Gasteiger partial charge in [-0.3, -0.25) is 4.40 Å². The van der Waals surface area contributed by atoms with E-state index >= 15 is 0 Å². The van der Waals surface area contributed by atoms with Gasteiger partial charge in [-0.2, -0.15) is 0 Å². The lowest BCUT2D eigenvalue weighted by Crippen LogP contribution is -2.14. The normalized spacial score (nSPS) is 11.3. The summed E-state index contributed by atoms with van der Waals surface area (Å²) in [6.45, 7) is 6.26. The summed E-state index contributed by atoms with van der Waals surface area (Å²) >= 11 is 1.74. The minimum absolute atomic E-state index is 0.908. The fraction of sp³-hybridized carbons (Fsp3) is 0.500. The number of fused-ring (bicyclic) bond motifs is 1. The molecule has 0 amide bonds. The molecule has 14 heavy (non-hydrogen) atoms. The van der Waals surface area contributed by atoms with Crippen LogP contribution in [0.3, 0.4) is 0 Å². The average molecular weight is 209 g/mol. The van der Waals surface area contributed by atoms with Crippen molar-refractivity contribution in [2.45, 2.75) is 26.8 Å². The molecule has 3 nitrogen and oxygen atoms in total. The van der Waals surface area contributed by atoms with Crippen LogP contribution in [-0.4, -0.2) is 15.9 Å². The van der Waals surface area contributed by atoms with E-state index in [4.69, 9.17) is 0 Å². The van der Waals surface area contributed by atoms with Gasteiger partial charge in [-0.1, -0.05) is 6.92 Å². The van der Waals surface area contributed by atoms with Crippen LogP contribution in [-0.2, 0) is 6.54 Å². The van der Waals surface area contributed by atoms with Crippen LogP contribution < -0.4 is 5.32 Å². The Morgan fingerprint density at radius 3 is 3.21 bits per heavy atom. The van der Waals surface area contributed by atoms with Crippen molar-refractivity contribution in [2.24, 2.45) is 0 Å². The van der Waals surface area contributed by atoms with Crippen molar-refractivity contribution >= 4 is 16.3 Å². The molecule has 0 aliphatic rings. The van der Waals surface area contributed by atoms with Crippen LogP contribution in [0.5, 0.6) is 0 Å². The maximum absolute atomic E-state index is 4.36. The highest BCUT2D eigenvalue weighted by Gasteiger charge is 2.04. The van der Waals surface area contributed by atoms with E-state index in [1.54, 1.807) is 11.3 Å². The number of nitrogens with one attached hydrogen (secondary N) is 1. The van der Waals surface area contributed by atoms with E-state index < -0.39 is 0 Å². The van der Waals surface area contributed by atoms with Crippen molar-refractivity contribution in [3.63, 3.8) is 0 Å². The van der Waals surface area contributed by atoms with E-state index in [0.29, 0.717) is 0 Å². The molecule has 0 saturated carbocycles. The number of hydrogen-bond donors (Lipinski definition) is 1. The molecular formula is C10H15N3S. The molecule has 76 valence electrons. The number of imidazole rings is 1. The van der Waals surface area contributed by atoms with Crippen molar-refractivity contribution < 1.29 is 0 Å².